The third-order valence-corrected chi connectivity index (χ3v) is 17.5. The molecule has 0 aliphatic heterocycles. The largest absolute Gasteiger partial charge is 0.239 e. The molecule has 2 aromatic heterocycles. The Hall–Kier alpha value is -2.76. The maximum atomic E-state index is 5.05. The van der Waals surface area contributed by atoms with Crippen LogP contribution >= 0.6 is 0 Å². The highest BCUT2D eigenvalue weighted by atomic mass is 15.5. The number of fused-ring (bicyclic) bond motifs is 6. The van der Waals surface area contributed by atoms with E-state index in [1.165, 1.54) is 72.4 Å². The predicted molar refractivity (Wildman–Crippen MR) is 291 cm³/mol. The van der Waals surface area contributed by atoms with Crippen LogP contribution in [0.5, 0.6) is 0 Å². The second-order valence-electron chi connectivity index (χ2n) is 33.1. The van der Waals surface area contributed by atoms with Crippen LogP contribution in [0.15, 0.2) is 22.3 Å². The molecule has 0 saturated heterocycles. The first-order valence-corrected chi connectivity index (χ1v) is 27.1. The summed E-state index contributed by atoms with van der Waals surface area (Å²) in [6, 6.07) is 0. The molecule has 68 heavy (non-hydrogen) atoms. The van der Waals surface area contributed by atoms with Crippen LogP contribution in [0.3, 0.4) is 0 Å². The van der Waals surface area contributed by atoms with Crippen molar-refractivity contribution in [1.82, 2.24) is 30.0 Å². The fourth-order valence-electron chi connectivity index (χ4n) is 17.0. The maximum Gasteiger partial charge on any atom is 0.117 e. The lowest BCUT2D eigenvalue weighted by Crippen LogP contribution is -2.29. The fraction of sp³-hybridized carbons (Fsp3) is 0.806. The number of hydrogen-bond donors (Lipinski definition) is 0. The molecule has 0 saturated carbocycles. The van der Waals surface area contributed by atoms with Crippen molar-refractivity contribution in [1.29, 1.82) is 0 Å². The van der Waals surface area contributed by atoms with Crippen LogP contribution < -0.4 is 0 Å². The fourth-order valence-corrected chi connectivity index (χ4v) is 17.0. The predicted octanol–water partition coefficient (Wildman–Crippen LogP) is 17.8. The van der Waals surface area contributed by atoms with E-state index < -0.39 is 0 Å². The van der Waals surface area contributed by atoms with Gasteiger partial charge in [-0.05, 0) is 181 Å². The molecule has 6 nitrogen and oxygen atoms in total. The van der Waals surface area contributed by atoms with Gasteiger partial charge in [-0.3, -0.25) is 0 Å². The minimum absolute atomic E-state index is 0.0821. The Labute approximate surface area is 417 Å². The van der Waals surface area contributed by atoms with Crippen LogP contribution in [0.25, 0.3) is 22.3 Å². The number of nitrogens with zero attached hydrogens (tertiary/aromatic N) is 6. The summed E-state index contributed by atoms with van der Waals surface area (Å²) < 4.78 is 4.53. The lowest BCUT2D eigenvalue weighted by atomic mass is 9.67. The molecule has 2 atom stereocenters. The van der Waals surface area contributed by atoms with Gasteiger partial charge in [-0.2, -0.15) is 0 Å². The van der Waals surface area contributed by atoms with Crippen LogP contribution in [0, 0.1) is 66.0 Å². The van der Waals surface area contributed by atoms with Crippen molar-refractivity contribution in [2.45, 2.75) is 256 Å². The Morgan fingerprint density at radius 1 is 0.382 bits per heavy atom. The van der Waals surface area contributed by atoms with Crippen LogP contribution in [-0.2, 0) is 11.1 Å². The summed E-state index contributed by atoms with van der Waals surface area (Å²) in [7, 11) is 0. The van der Waals surface area contributed by atoms with Gasteiger partial charge in [0, 0.05) is 0 Å². The minimum Gasteiger partial charge on any atom is -0.239 e. The van der Waals surface area contributed by atoms with Crippen molar-refractivity contribution in [2.75, 3.05) is 0 Å². The average Bonchev–Trinajstić information content (AvgIpc) is 3.81. The Balaban J connectivity index is 0.000000201. The van der Waals surface area contributed by atoms with Crippen molar-refractivity contribution >= 4 is 22.3 Å². The van der Waals surface area contributed by atoms with E-state index in [0.717, 1.165) is 12.8 Å². The highest BCUT2D eigenvalue weighted by molar-refractivity contribution is 5.88. The molecule has 0 amide bonds. The lowest BCUT2D eigenvalue weighted by molar-refractivity contribution is 0.256. The molecule has 6 aliphatic carbocycles. The normalized spacial score (nSPS) is 27.3. The molecular formula is C62H102N6. The van der Waals surface area contributed by atoms with Crippen molar-refractivity contribution in [3.05, 3.63) is 45.1 Å². The van der Waals surface area contributed by atoms with E-state index in [9.17, 15) is 0 Å². The van der Waals surface area contributed by atoms with Gasteiger partial charge < -0.3 is 0 Å². The first-order chi connectivity index (χ1) is 30.2. The SMILES string of the molecule is CC(C)(C)CC1CC2=C(c3c(nnn3C(C)(C)C)C3=C1C(C)(C)CC3(C)C)C(C)(C)CC2(C)C.CC(C)(C)CC1CC2=C(c3nnn(C(C)(C)C)c3C3=C1C(C)(C)CC3(C)C)C(C)(C)CC2(C)C. The van der Waals surface area contributed by atoms with E-state index in [1.54, 1.807) is 33.4 Å². The zero-order valence-corrected chi connectivity index (χ0v) is 49.5. The number of rotatable bonds is 2. The molecule has 2 unspecified atom stereocenters. The molecule has 0 aromatic carbocycles. The molecular weight excluding hydrogens is 829 g/mol. The number of aromatic nitrogens is 6. The van der Waals surface area contributed by atoms with Gasteiger partial charge in [-0.15, -0.1) is 10.2 Å². The van der Waals surface area contributed by atoms with Crippen LogP contribution in [0.2, 0.25) is 0 Å². The summed E-state index contributed by atoms with van der Waals surface area (Å²) in [5, 5.41) is 19.9. The zero-order chi connectivity index (χ0) is 51.7. The van der Waals surface area contributed by atoms with Crippen LogP contribution in [0.4, 0.5) is 0 Å². The van der Waals surface area contributed by atoms with Gasteiger partial charge in [0.1, 0.15) is 11.4 Å². The Kier molecular flexibility index (Phi) is 12.0. The van der Waals surface area contributed by atoms with Gasteiger partial charge in [-0.25, -0.2) is 9.36 Å². The van der Waals surface area contributed by atoms with Crippen LogP contribution in [-0.4, -0.2) is 30.0 Å². The van der Waals surface area contributed by atoms with Gasteiger partial charge in [0.25, 0.3) is 0 Å². The Morgan fingerprint density at radius 2 is 0.676 bits per heavy atom. The molecule has 380 valence electrons. The maximum absolute atomic E-state index is 5.05. The average molecular weight is 932 g/mol. The second kappa shape index (κ2) is 15.4. The second-order valence-corrected chi connectivity index (χ2v) is 33.1. The molecule has 6 heteroatoms. The van der Waals surface area contributed by atoms with Crippen molar-refractivity contribution < 1.29 is 0 Å². The molecule has 0 bridgehead atoms. The smallest absolute Gasteiger partial charge is 0.117 e. The topological polar surface area (TPSA) is 61.4 Å². The van der Waals surface area contributed by atoms with E-state index in [1.807, 2.05) is 0 Å². The monoisotopic (exact) mass is 931 g/mol. The molecule has 6 aliphatic rings. The summed E-state index contributed by atoms with van der Waals surface area (Å²) in [5.74, 6) is 1.08. The van der Waals surface area contributed by atoms with Crippen molar-refractivity contribution in [3.8, 4) is 0 Å². The quantitative estimate of drug-likeness (QED) is 0.301. The zero-order valence-electron chi connectivity index (χ0n) is 49.5. The van der Waals surface area contributed by atoms with E-state index in [4.69, 9.17) is 20.6 Å². The summed E-state index contributed by atoms with van der Waals surface area (Å²) in [6.07, 6.45) is 9.44. The molecule has 2 heterocycles. The van der Waals surface area contributed by atoms with Crippen molar-refractivity contribution in [3.63, 3.8) is 0 Å². The summed E-state index contributed by atoms with van der Waals surface area (Å²) in [6.45, 7) is 67.7. The third-order valence-electron chi connectivity index (χ3n) is 17.5. The van der Waals surface area contributed by atoms with E-state index in [-0.39, 0.29) is 65.2 Å². The summed E-state index contributed by atoms with van der Waals surface area (Å²) in [4.78, 5) is 0. The Morgan fingerprint density at radius 3 is 1.06 bits per heavy atom. The minimum atomic E-state index is -0.126. The highest BCUT2D eigenvalue weighted by Gasteiger charge is 2.57. The van der Waals surface area contributed by atoms with E-state index >= 15 is 0 Å². The number of allylic oxidation sites excluding steroid dienone is 8. The molecule has 8 rings (SSSR count). The molecule has 0 fully saturated rings. The van der Waals surface area contributed by atoms with Gasteiger partial charge in [0.15, 0.2) is 0 Å². The summed E-state index contributed by atoms with van der Waals surface area (Å²) in [5.41, 5.74) is 19.1. The van der Waals surface area contributed by atoms with Crippen LogP contribution in [0.1, 0.15) is 268 Å². The first kappa shape index (κ1) is 53.0. The number of hydrogen-bond acceptors (Lipinski definition) is 4. The van der Waals surface area contributed by atoms with Gasteiger partial charge in [0.05, 0.1) is 22.5 Å². The molecule has 0 N–H and O–H groups in total. The van der Waals surface area contributed by atoms with Crippen molar-refractivity contribution in [2.24, 2.45) is 66.0 Å². The first-order valence-electron chi connectivity index (χ1n) is 27.1. The Bertz CT molecular complexity index is 2490. The van der Waals surface area contributed by atoms with Gasteiger partial charge in [0.2, 0.25) is 0 Å². The third kappa shape index (κ3) is 8.97. The molecule has 2 aromatic rings. The standard InChI is InChI=1S/2C31H51N3/c1-26(2,3)16-19-15-20-22(30(11,12)17-28(20,7)8)25-24(32-33-34(25)27(4,5)6)23-21(19)29(9,10)18-31(23,13)14;1-26(2,3)16-19-15-20-22(30(11,12)17-28(20,7)8)24-25(34(33-32-24)27(4,5)6)23-21(19)29(9,10)18-31(23,13)14/h2*19H,15-18H2,1-14H3. The van der Waals surface area contributed by atoms with Gasteiger partial charge >= 0.3 is 0 Å². The molecule has 0 radical (unpaired) electrons. The highest BCUT2D eigenvalue weighted by Crippen LogP contribution is 2.69. The van der Waals surface area contributed by atoms with Gasteiger partial charge in [-0.1, -0.05) is 185 Å². The lowest BCUT2D eigenvalue weighted by Gasteiger charge is -2.38. The molecule has 0 spiro atoms. The summed E-state index contributed by atoms with van der Waals surface area (Å²) >= 11 is 0. The van der Waals surface area contributed by atoms with E-state index in [2.05, 4.69) is 203 Å². The van der Waals surface area contributed by atoms with E-state index in [0.29, 0.717) is 11.8 Å².